The van der Waals surface area contributed by atoms with Gasteiger partial charge in [0.1, 0.15) is 0 Å². The average molecular weight is 364 g/mol. The van der Waals surface area contributed by atoms with Crippen molar-refractivity contribution in [3.8, 4) is 0 Å². The van der Waals surface area contributed by atoms with Crippen molar-refractivity contribution < 1.29 is 8.42 Å². The molecule has 0 radical (unpaired) electrons. The van der Waals surface area contributed by atoms with Crippen molar-refractivity contribution in [2.45, 2.75) is 44.6 Å². The molecular formula is C19H22ClNO2S. The summed E-state index contributed by atoms with van der Waals surface area (Å²) in [7, 11) is -3.52. The standard InChI is InChI=1S/C19H22ClNO2S/c1-13-11-14(2)19(15(3)12-13)24(22,23)21-10-4-5-18(21)16-6-8-17(20)9-7-16/h6-9,11-12,18H,4-5,10H2,1-3H3/t18-/m1/s1. The number of sulfonamides is 1. The molecule has 0 aromatic heterocycles. The van der Waals surface area contributed by atoms with Gasteiger partial charge in [-0.15, -0.1) is 0 Å². The second kappa shape index (κ2) is 6.51. The van der Waals surface area contributed by atoms with Gasteiger partial charge in [-0.05, 0) is 62.4 Å². The summed E-state index contributed by atoms with van der Waals surface area (Å²) < 4.78 is 28.3. The predicted molar refractivity (Wildman–Crippen MR) is 98.0 cm³/mol. The lowest BCUT2D eigenvalue weighted by Gasteiger charge is -2.26. The third-order valence-electron chi connectivity index (χ3n) is 4.63. The molecule has 0 N–H and O–H groups in total. The highest BCUT2D eigenvalue weighted by molar-refractivity contribution is 7.89. The van der Waals surface area contributed by atoms with E-state index < -0.39 is 10.0 Å². The molecule has 0 unspecified atom stereocenters. The highest BCUT2D eigenvalue weighted by Gasteiger charge is 2.37. The molecule has 5 heteroatoms. The van der Waals surface area contributed by atoms with E-state index in [-0.39, 0.29) is 6.04 Å². The summed E-state index contributed by atoms with van der Waals surface area (Å²) >= 11 is 5.97. The third kappa shape index (κ3) is 3.10. The van der Waals surface area contributed by atoms with Crippen LogP contribution in [0.2, 0.25) is 5.02 Å². The summed E-state index contributed by atoms with van der Waals surface area (Å²) in [5.74, 6) is 0. The molecule has 0 amide bonds. The summed E-state index contributed by atoms with van der Waals surface area (Å²) in [4.78, 5) is 0.453. The van der Waals surface area contributed by atoms with E-state index in [0.29, 0.717) is 16.5 Å². The smallest absolute Gasteiger partial charge is 0.207 e. The van der Waals surface area contributed by atoms with Crippen LogP contribution >= 0.6 is 11.6 Å². The molecule has 0 aliphatic carbocycles. The zero-order valence-electron chi connectivity index (χ0n) is 14.2. The molecule has 3 rings (SSSR count). The summed E-state index contributed by atoms with van der Waals surface area (Å²) in [6.07, 6.45) is 1.71. The zero-order valence-corrected chi connectivity index (χ0v) is 15.8. The first kappa shape index (κ1) is 17.5. The molecule has 0 bridgehead atoms. The first-order valence-corrected chi connectivity index (χ1v) is 9.97. The minimum atomic E-state index is -3.52. The number of rotatable bonds is 3. The van der Waals surface area contributed by atoms with Crippen LogP contribution in [-0.4, -0.2) is 19.3 Å². The second-order valence-corrected chi connectivity index (χ2v) is 8.82. The van der Waals surface area contributed by atoms with Gasteiger partial charge in [0.2, 0.25) is 10.0 Å². The van der Waals surface area contributed by atoms with E-state index in [4.69, 9.17) is 11.6 Å². The fraction of sp³-hybridized carbons (Fsp3) is 0.368. The van der Waals surface area contributed by atoms with Gasteiger partial charge in [0.05, 0.1) is 10.9 Å². The second-order valence-electron chi connectivity index (χ2n) is 6.55. The molecule has 1 saturated heterocycles. The maximum absolute atomic E-state index is 13.3. The van der Waals surface area contributed by atoms with E-state index in [1.165, 1.54) is 0 Å². The molecule has 1 heterocycles. The molecule has 2 aromatic rings. The monoisotopic (exact) mass is 363 g/mol. The molecular weight excluding hydrogens is 342 g/mol. The van der Waals surface area contributed by atoms with Crippen LogP contribution in [-0.2, 0) is 10.0 Å². The Morgan fingerprint density at radius 2 is 1.62 bits per heavy atom. The normalized spacial score (nSPS) is 18.9. The molecule has 0 saturated carbocycles. The SMILES string of the molecule is Cc1cc(C)c(S(=O)(=O)N2CCC[C@@H]2c2ccc(Cl)cc2)c(C)c1. The van der Waals surface area contributed by atoms with Gasteiger partial charge in [0, 0.05) is 11.6 Å². The number of hydrogen-bond acceptors (Lipinski definition) is 2. The molecule has 1 atom stereocenters. The summed E-state index contributed by atoms with van der Waals surface area (Å²) in [6, 6.07) is 11.3. The van der Waals surface area contributed by atoms with Crippen LogP contribution in [0.15, 0.2) is 41.3 Å². The molecule has 1 fully saturated rings. The third-order valence-corrected chi connectivity index (χ3v) is 7.10. The van der Waals surface area contributed by atoms with Crippen LogP contribution in [0.4, 0.5) is 0 Å². The van der Waals surface area contributed by atoms with Gasteiger partial charge >= 0.3 is 0 Å². The van der Waals surface area contributed by atoms with Gasteiger partial charge in [0.25, 0.3) is 0 Å². The lowest BCUT2D eigenvalue weighted by atomic mass is 10.1. The van der Waals surface area contributed by atoms with Crippen LogP contribution in [0.5, 0.6) is 0 Å². The Morgan fingerprint density at radius 1 is 1.04 bits per heavy atom. The Kier molecular flexibility index (Phi) is 4.73. The van der Waals surface area contributed by atoms with Gasteiger partial charge in [-0.1, -0.05) is 41.4 Å². The van der Waals surface area contributed by atoms with E-state index in [9.17, 15) is 8.42 Å². The van der Waals surface area contributed by atoms with Crippen molar-refractivity contribution in [1.29, 1.82) is 0 Å². The summed E-state index contributed by atoms with van der Waals surface area (Å²) in [5.41, 5.74) is 3.71. The lowest BCUT2D eigenvalue weighted by Crippen LogP contribution is -2.31. The molecule has 128 valence electrons. The fourth-order valence-electron chi connectivity index (χ4n) is 3.74. The highest BCUT2D eigenvalue weighted by Crippen LogP contribution is 2.38. The summed E-state index contributed by atoms with van der Waals surface area (Å²) in [6.45, 7) is 6.30. The largest absolute Gasteiger partial charge is 0.244 e. The first-order chi connectivity index (χ1) is 11.3. The van der Waals surface area contributed by atoms with Crippen molar-refractivity contribution in [1.82, 2.24) is 4.31 Å². The van der Waals surface area contributed by atoms with E-state index in [2.05, 4.69) is 0 Å². The molecule has 0 spiro atoms. The minimum Gasteiger partial charge on any atom is -0.207 e. The van der Waals surface area contributed by atoms with Crippen LogP contribution in [0, 0.1) is 20.8 Å². The predicted octanol–water partition coefficient (Wildman–Crippen LogP) is 4.79. The van der Waals surface area contributed by atoms with E-state index >= 15 is 0 Å². The Morgan fingerprint density at radius 3 is 2.21 bits per heavy atom. The number of nitrogens with zero attached hydrogens (tertiary/aromatic N) is 1. The van der Waals surface area contributed by atoms with E-state index in [0.717, 1.165) is 35.1 Å². The van der Waals surface area contributed by atoms with Crippen molar-refractivity contribution >= 4 is 21.6 Å². The maximum Gasteiger partial charge on any atom is 0.244 e. The maximum atomic E-state index is 13.3. The quantitative estimate of drug-likeness (QED) is 0.786. The molecule has 24 heavy (non-hydrogen) atoms. The molecule has 1 aliphatic rings. The topological polar surface area (TPSA) is 37.4 Å². The number of benzene rings is 2. The summed E-state index contributed by atoms with van der Waals surface area (Å²) in [5, 5.41) is 0.663. The number of halogens is 1. The fourth-order valence-corrected chi connectivity index (χ4v) is 5.96. The number of aryl methyl sites for hydroxylation is 3. The lowest BCUT2D eigenvalue weighted by molar-refractivity contribution is 0.396. The van der Waals surface area contributed by atoms with Gasteiger partial charge in [-0.2, -0.15) is 4.31 Å². The molecule has 2 aromatic carbocycles. The van der Waals surface area contributed by atoms with Crippen molar-refractivity contribution in [2.24, 2.45) is 0 Å². The van der Waals surface area contributed by atoms with Gasteiger partial charge in [-0.25, -0.2) is 8.42 Å². The van der Waals surface area contributed by atoms with Crippen molar-refractivity contribution in [2.75, 3.05) is 6.54 Å². The molecule has 3 nitrogen and oxygen atoms in total. The van der Waals surface area contributed by atoms with Crippen LogP contribution in [0.3, 0.4) is 0 Å². The molecule has 1 aliphatic heterocycles. The van der Waals surface area contributed by atoms with Gasteiger partial charge < -0.3 is 0 Å². The average Bonchev–Trinajstić information content (AvgIpc) is 2.96. The minimum absolute atomic E-state index is 0.118. The highest BCUT2D eigenvalue weighted by atomic mass is 35.5. The van der Waals surface area contributed by atoms with Gasteiger partial charge in [0.15, 0.2) is 0 Å². The van der Waals surface area contributed by atoms with Gasteiger partial charge in [-0.3, -0.25) is 0 Å². The zero-order chi connectivity index (χ0) is 17.5. The van der Waals surface area contributed by atoms with Crippen LogP contribution < -0.4 is 0 Å². The van der Waals surface area contributed by atoms with E-state index in [1.807, 2.05) is 57.2 Å². The Hall–Kier alpha value is -1.36. The van der Waals surface area contributed by atoms with Crippen molar-refractivity contribution in [3.05, 3.63) is 63.7 Å². The van der Waals surface area contributed by atoms with Crippen LogP contribution in [0.1, 0.15) is 41.1 Å². The van der Waals surface area contributed by atoms with E-state index in [1.54, 1.807) is 4.31 Å². The Labute approximate surface area is 149 Å². The Balaban J connectivity index is 2.04. The Bertz CT molecular complexity index is 836. The van der Waals surface area contributed by atoms with Crippen molar-refractivity contribution in [3.63, 3.8) is 0 Å². The number of hydrogen-bond donors (Lipinski definition) is 0. The van der Waals surface area contributed by atoms with Crippen LogP contribution in [0.25, 0.3) is 0 Å². The first-order valence-electron chi connectivity index (χ1n) is 8.16.